The third-order valence-corrected chi connectivity index (χ3v) is 5.83. The zero-order valence-corrected chi connectivity index (χ0v) is 15.5. The number of benzene rings is 1. The molecule has 0 radical (unpaired) electrons. The van der Waals surface area contributed by atoms with Gasteiger partial charge in [0.05, 0.1) is 0 Å². The molecule has 2 saturated carbocycles. The van der Waals surface area contributed by atoms with E-state index in [1.165, 1.54) is 6.42 Å². The quantitative estimate of drug-likeness (QED) is 0.730. The minimum Gasteiger partial charge on any atom is -0.352 e. The van der Waals surface area contributed by atoms with Crippen LogP contribution in [0.1, 0.15) is 63.4 Å². The Morgan fingerprint density at radius 1 is 1.04 bits per heavy atom. The number of carbonyl (C=O) groups excluding carboxylic acids is 2. The van der Waals surface area contributed by atoms with Crippen LogP contribution in [0.2, 0.25) is 0 Å². The van der Waals surface area contributed by atoms with Crippen LogP contribution in [0.4, 0.5) is 5.69 Å². The second-order valence-electron chi connectivity index (χ2n) is 7.86. The maximum atomic E-state index is 12.4. The summed E-state index contributed by atoms with van der Waals surface area (Å²) in [6, 6.07) is 7.91. The molecule has 2 aliphatic rings. The molecule has 0 saturated heterocycles. The normalized spacial score (nSPS) is 23.6. The molecule has 0 bridgehead atoms. The Bertz CT molecular complexity index is 625. The summed E-state index contributed by atoms with van der Waals surface area (Å²) in [5.41, 5.74) is 7.85. The summed E-state index contributed by atoms with van der Waals surface area (Å²) >= 11 is 0. The van der Waals surface area contributed by atoms with Crippen LogP contribution in [0, 0.1) is 11.8 Å². The van der Waals surface area contributed by atoms with Gasteiger partial charge < -0.3 is 16.4 Å². The molecule has 2 fully saturated rings. The number of hydrogen-bond donors (Lipinski definition) is 3. The van der Waals surface area contributed by atoms with Gasteiger partial charge in [-0.25, -0.2) is 0 Å². The Morgan fingerprint density at radius 2 is 1.85 bits per heavy atom. The molecule has 5 nitrogen and oxygen atoms in total. The standard InChI is InChI=1S/C21H31N3O2/c22-19-11-5-9-17(19)13-20(25)23-14-15-6-4-10-18(12-15)24-21(26)16-7-2-1-3-8-16/h4,6,10,12,16-17,19H,1-3,5,7-9,11,13-14,22H2,(H,23,25)(H,24,26)/t17-,19+/m0/s1. The summed E-state index contributed by atoms with van der Waals surface area (Å²) in [5.74, 6) is 0.643. The van der Waals surface area contributed by atoms with E-state index in [1.54, 1.807) is 0 Å². The lowest BCUT2D eigenvalue weighted by atomic mass is 9.88. The van der Waals surface area contributed by atoms with E-state index in [2.05, 4.69) is 10.6 Å². The first-order chi connectivity index (χ1) is 12.6. The molecule has 26 heavy (non-hydrogen) atoms. The second kappa shape index (κ2) is 9.17. The van der Waals surface area contributed by atoms with Crippen molar-refractivity contribution in [3.8, 4) is 0 Å². The zero-order valence-electron chi connectivity index (χ0n) is 15.5. The first-order valence-electron chi connectivity index (χ1n) is 10.0. The van der Waals surface area contributed by atoms with Crippen molar-refractivity contribution in [2.75, 3.05) is 5.32 Å². The van der Waals surface area contributed by atoms with Crippen LogP contribution in [0.25, 0.3) is 0 Å². The molecule has 0 spiro atoms. The molecule has 3 rings (SSSR count). The van der Waals surface area contributed by atoms with Gasteiger partial charge in [0.1, 0.15) is 0 Å². The van der Waals surface area contributed by atoms with Crippen molar-refractivity contribution in [3.63, 3.8) is 0 Å². The SMILES string of the molecule is N[C@@H]1CCC[C@H]1CC(=O)NCc1cccc(NC(=O)C2CCCCC2)c1. The van der Waals surface area contributed by atoms with Crippen LogP contribution in [0.15, 0.2) is 24.3 Å². The fourth-order valence-corrected chi connectivity index (χ4v) is 4.20. The van der Waals surface area contributed by atoms with Gasteiger partial charge in [-0.1, -0.05) is 37.8 Å². The third kappa shape index (κ3) is 5.31. The lowest BCUT2D eigenvalue weighted by molar-refractivity contribution is -0.122. The van der Waals surface area contributed by atoms with Crippen molar-refractivity contribution in [2.45, 2.75) is 70.4 Å². The van der Waals surface area contributed by atoms with Crippen LogP contribution >= 0.6 is 0 Å². The van der Waals surface area contributed by atoms with Gasteiger partial charge in [-0.3, -0.25) is 9.59 Å². The molecule has 2 amide bonds. The summed E-state index contributed by atoms with van der Waals surface area (Å²) in [4.78, 5) is 24.5. The molecule has 2 atom stereocenters. The smallest absolute Gasteiger partial charge is 0.227 e. The van der Waals surface area contributed by atoms with Crippen molar-refractivity contribution in [1.29, 1.82) is 0 Å². The third-order valence-electron chi connectivity index (χ3n) is 5.83. The predicted molar refractivity (Wildman–Crippen MR) is 103 cm³/mol. The van der Waals surface area contributed by atoms with Gasteiger partial charge in [0.2, 0.25) is 11.8 Å². The average molecular weight is 357 g/mol. The molecular formula is C21H31N3O2. The second-order valence-corrected chi connectivity index (χ2v) is 7.86. The van der Waals surface area contributed by atoms with Crippen LogP contribution in [-0.4, -0.2) is 17.9 Å². The fraction of sp³-hybridized carbons (Fsp3) is 0.619. The van der Waals surface area contributed by atoms with Crippen LogP contribution in [0.3, 0.4) is 0 Å². The molecule has 5 heteroatoms. The van der Waals surface area contributed by atoms with E-state index in [0.29, 0.717) is 18.9 Å². The number of rotatable bonds is 6. The van der Waals surface area contributed by atoms with E-state index in [9.17, 15) is 9.59 Å². The Hall–Kier alpha value is -1.88. The van der Waals surface area contributed by atoms with E-state index < -0.39 is 0 Å². The summed E-state index contributed by atoms with van der Waals surface area (Å²) in [7, 11) is 0. The van der Waals surface area contributed by atoms with Gasteiger partial charge in [-0.2, -0.15) is 0 Å². The monoisotopic (exact) mass is 357 g/mol. The van der Waals surface area contributed by atoms with E-state index in [0.717, 1.165) is 56.2 Å². The summed E-state index contributed by atoms with van der Waals surface area (Å²) in [6.45, 7) is 0.480. The van der Waals surface area contributed by atoms with Crippen LogP contribution in [-0.2, 0) is 16.1 Å². The molecular weight excluding hydrogens is 326 g/mol. The van der Waals surface area contributed by atoms with Gasteiger partial charge in [0.25, 0.3) is 0 Å². The number of anilines is 1. The van der Waals surface area contributed by atoms with Gasteiger partial charge in [0, 0.05) is 30.6 Å². The highest BCUT2D eigenvalue weighted by molar-refractivity contribution is 5.92. The maximum absolute atomic E-state index is 12.4. The number of nitrogens with two attached hydrogens (primary N) is 1. The number of nitrogens with one attached hydrogen (secondary N) is 2. The summed E-state index contributed by atoms with van der Waals surface area (Å²) in [5, 5.41) is 6.02. The number of carbonyl (C=O) groups is 2. The van der Waals surface area contributed by atoms with E-state index >= 15 is 0 Å². The highest BCUT2D eigenvalue weighted by Crippen LogP contribution is 2.27. The van der Waals surface area contributed by atoms with Gasteiger partial charge >= 0.3 is 0 Å². The van der Waals surface area contributed by atoms with E-state index in [-0.39, 0.29) is 23.8 Å². The van der Waals surface area contributed by atoms with Crippen molar-refractivity contribution in [2.24, 2.45) is 17.6 Å². The molecule has 0 aromatic heterocycles. The molecule has 142 valence electrons. The maximum Gasteiger partial charge on any atom is 0.227 e. The van der Waals surface area contributed by atoms with E-state index in [1.807, 2.05) is 24.3 Å². The Labute approximate surface area is 156 Å². The van der Waals surface area contributed by atoms with Crippen molar-refractivity contribution >= 4 is 17.5 Å². The molecule has 0 heterocycles. The van der Waals surface area contributed by atoms with Gasteiger partial charge in [0.15, 0.2) is 0 Å². The highest BCUT2D eigenvalue weighted by atomic mass is 16.2. The Morgan fingerprint density at radius 3 is 2.58 bits per heavy atom. The largest absolute Gasteiger partial charge is 0.352 e. The lowest BCUT2D eigenvalue weighted by Gasteiger charge is -2.21. The molecule has 0 unspecified atom stereocenters. The highest BCUT2D eigenvalue weighted by Gasteiger charge is 2.26. The molecule has 1 aromatic carbocycles. The molecule has 0 aliphatic heterocycles. The Kier molecular flexibility index (Phi) is 6.67. The fourth-order valence-electron chi connectivity index (χ4n) is 4.20. The zero-order chi connectivity index (χ0) is 18.4. The summed E-state index contributed by atoms with van der Waals surface area (Å²) < 4.78 is 0. The molecule has 1 aromatic rings. The van der Waals surface area contributed by atoms with Gasteiger partial charge in [-0.15, -0.1) is 0 Å². The first-order valence-corrected chi connectivity index (χ1v) is 10.0. The number of amides is 2. The summed E-state index contributed by atoms with van der Waals surface area (Å²) in [6.07, 6.45) is 9.24. The molecule has 2 aliphatic carbocycles. The Balaban J connectivity index is 1.47. The van der Waals surface area contributed by atoms with E-state index in [4.69, 9.17) is 5.73 Å². The predicted octanol–water partition coefficient (Wildman–Crippen LogP) is 3.34. The first kappa shape index (κ1) is 18.9. The minimum absolute atomic E-state index is 0.0593. The molecule has 4 N–H and O–H groups in total. The van der Waals surface area contributed by atoms with Crippen molar-refractivity contribution < 1.29 is 9.59 Å². The topological polar surface area (TPSA) is 84.2 Å². The average Bonchev–Trinajstić information content (AvgIpc) is 3.06. The van der Waals surface area contributed by atoms with Crippen molar-refractivity contribution in [3.05, 3.63) is 29.8 Å². The van der Waals surface area contributed by atoms with Crippen LogP contribution in [0.5, 0.6) is 0 Å². The van der Waals surface area contributed by atoms with Crippen LogP contribution < -0.4 is 16.4 Å². The minimum atomic E-state index is 0.0593. The number of hydrogen-bond acceptors (Lipinski definition) is 3. The van der Waals surface area contributed by atoms with Crippen molar-refractivity contribution in [1.82, 2.24) is 5.32 Å². The van der Waals surface area contributed by atoms with Gasteiger partial charge in [-0.05, 0) is 49.3 Å². The lowest BCUT2D eigenvalue weighted by Crippen LogP contribution is -2.31.